The summed E-state index contributed by atoms with van der Waals surface area (Å²) in [4.78, 5) is 26.1. The van der Waals surface area contributed by atoms with Gasteiger partial charge in [-0.2, -0.15) is 0 Å². The molecule has 26 heavy (non-hydrogen) atoms. The molecule has 0 radical (unpaired) electrons. The van der Waals surface area contributed by atoms with Gasteiger partial charge in [0.25, 0.3) is 0 Å². The Morgan fingerprint density at radius 2 is 1.69 bits per heavy atom. The molecule has 0 fully saturated rings. The smallest absolute Gasteiger partial charge is 0.329 e. The number of rotatable bonds is 7. The molecule has 4 nitrogen and oxygen atoms in total. The van der Waals surface area contributed by atoms with Crippen LogP contribution in [0.2, 0.25) is 0 Å². The van der Waals surface area contributed by atoms with Crippen LogP contribution in [0.4, 0.5) is 5.69 Å². The zero-order valence-electron chi connectivity index (χ0n) is 14.7. The Kier molecular flexibility index (Phi) is 5.64. The van der Waals surface area contributed by atoms with Crippen molar-refractivity contribution < 1.29 is 14.3 Å². The Hall–Kier alpha value is -3.14. The summed E-state index contributed by atoms with van der Waals surface area (Å²) in [7, 11) is 0. The Morgan fingerprint density at radius 1 is 1.00 bits per heavy atom. The Bertz CT molecular complexity index is 887. The first kappa shape index (κ1) is 17.7. The molecule has 0 saturated carbocycles. The van der Waals surface area contributed by atoms with E-state index in [2.05, 4.69) is 0 Å². The molecule has 0 aliphatic heterocycles. The van der Waals surface area contributed by atoms with Gasteiger partial charge in [0.05, 0.1) is 12.3 Å². The van der Waals surface area contributed by atoms with Crippen molar-refractivity contribution in [1.29, 1.82) is 0 Å². The van der Waals surface area contributed by atoms with Crippen molar-refractivity contribution in [1.82, 2.24) is 0 Å². The van der Waals surface area contributed by atoms with Crippen LogP contribution in [0, 0.1) is 0 Å². The molecular formula is C22H21NO3. The number of carbonyl (C=O) groups excluding carboxylic acids is 2. The van der Waals surface area contributed by atoms with E-state index in [4.69, 9.17) is 4.74 Å². The fraction of sp³-hybridized carbons (Fsp3) is 0.182. The van der Waals surface area contributed by atoms with Gasteiger partial charge < -0.3 is 4.74 Å². The maximum absolute atomic E-state index is 12.6. The monoisotopic (exact) mass is 347 g/mol. The third-order valence-corrected chi connectivity index (χ3v) is 4.32. The van der Waals surface area contributed by atoms with E-state index in [-0.39, 0.29) is 6.61 Å². The molecule has 0 saturated heterocycles. The maximum atomic E-state index is 12.6. The summed E-state index contributed by atoms with van der Waals surface area (Å²) in [6, 6.07) is 22.5. The van der Waals surface area contributed by atoms with Gasteiger partial charge in [-0.3, -0.25) is 9.69 Å². The predicted molar refractivity (Wildman–Crippen MR) is 103 cm³/mol. The maximum Gasteiger partial charge on any atom is 0.329 e. The van der Waals surface area contributed by atoms with Crippen LogP contribution in [0.3, 0.4) is 0 Å². The molecule has 0 aliphatic rings. The molecule has 1 unspecified atom stereocenters. The fourth-order valence-corrected chi connectivity index (χ4v) is 3.10. The van der Waals surface area contributed by atoms with Crippen molar-refractivity contribution >= 4 is 28.8 Å². The van der Waals surface area contributed by atoms with Gasteiger partial charge >= 0.3 is 5.97 Å². The number of ether oxygens (including phenoxy) is 1. The van der Waals surface area contributed by atoms with Crippen molar-refractivity contribution in [2.45, 2.75) is 19.4 Å². The molecule has 0 aromatic heterocycles. The first-order valence-corrected chi connectivity index (χ1v) is 8.66. The molecule has 0 bridgehead atoms. The van der Waals surface area contributed by atoms with Crippen LogP contribution in [-0.2, 0) is 20.7 Å². The van der Waals surface area contributed by atoms with E-state index in [0.29, 0.717) is 18.5 Å². The van der Waals surface area contributed by atoms with Crippen LogP contribution < -0.4 is 4.90 Å². The summed E-state index contributed by atoms with van der Waals surface area (Å²) in [5.41, 5.74) is 1.67. The van der Waals surface area contributed by atoms with Gasteiger partial charge in [0.1, 0.15) is 6.04 Å². The fourth-order valence-electron chi connectivity index (χ4n) is 3.10. The molecule has 0 N–H and O–H groups in total. The van der Waals surface area contributed by atoms with E-state index in [1.807, 2.05) is 72.8 Å². The van der Waals surface area contributed by atoms with Gasteiger partial charge in [0, 0.05) is 11.8 Å². The molecule has 1 atom stereocenters. The number of hydrogen-bond acceptors (Lipinski definition) is 3. The SMILES string of the molecule is CCOC(=O)C(Cc1ccccc1)N(C=O)c1cccc2ccccc12. The van der Waals surface area contributed by atoms with Crippen molar-refractivity contribution in [3.8, 4) is 0 Å². The second kappa shape index (κ2) is 8.30. The number of esters is 1. The van der Waals surface area contributed by atoms with E-state index in [1.165, 1.54) is 4.90 Å². The molecule has 0 aliphatic carbocycles. The quantitative estimate of drug-likeness (QED) is 0.480. The molecule has 1 amide bonds. The third-order valence-electron chi connectivity index (χ3n) is 4.32. The largest absolute Gasteiger partial charge is 0.464 e. The molecule has 0 heterocycles. The summed E-state index contributed by atoms with van der Waals surface area (Å²) in [5.74, 6) is -0.406. The highest BCUT2D eigenvalue weighted by Gasteiger charge is 2.28. The highest BCUT2D eigenvalue weighted by atomic mass is 16.5. The minimum absolute atomic E-state index is 0.270. The summed E-state index contributed by atoms with van der Waals surface area (Å²) in [6.07, 6.45) is 1.11. The average molecular weight is 347 g/mol. The zero-order valence-corrected chi connectivity index (χ0v) is 14.7. The number of fused-ring (bicyclic) bond motifs is 1. The molecule has 3 aromatic rings. The number of amides is 1. The first-order valence-electron chi connectivity index (χ1n) is 8.66. The number of anilines is 1. The molecule has 3 rings (SSSR count). The number of carbonyl (C=O) groups is 2. The van der Waals surface area contributed by atoms with E-state index in [9.17, 15) is 9.59 Å². The molecule has 4 heteroatoms. The summed E-state index contributed by atoms with van der Waals surface area (Å²) in [6.45, 7) is 2.03. The van der Waals surface area contributed by atoms with Gasteiger partial charge in [-0.1, -0.05) is 66.7 Å². The van der Waals surface area contributed by atoms with Gasteiger partial charge in [0.15, 0.2) is 0 Å². The lowest BCUT2D eigenvalue weighted by Crippen LogP contribution is -2.43. The van der Waals surface area contributed by atoms with Gasteiger partial charge in [-0.25, -0.2) is 4.79 Å². The van der Waals surface area contributed by atoms with Crippen molar-refractivity contribution in [3.63, 3.8) is 0 Å². The third kappa shape index (κ3) is 3.75. The van der Waals surface area contributed by atoms with Crippen LogP contribution in [0.5, 0.6) is 0 Å². The van der Waals surface area contributed by atoms with E-state index < -0.39 is 12.0 Å². The van der Waals surface area contributed by atoms with Crippen LogP contribution in [0.1, 0.15) is 12.5 Å². The van der Waals surface area contributed by atoms with Crippen LogP contribution in [-0.4, -0.2) is 25.0 Å². The molecule has 3 aromatic carbocycles. The average Bonchev–Trinajstić information content (AvgIpc) is 2.69. The minimum Gasteiger partial charge on any atom is -0.464 e. The normalized spacial score (nSPS) is 11.7. The Morgan fingerprint density at radius 3 is 2.42 bits per heavy atom. The number of hydrogen-bond donors (Lipinski definition) is 0. The van der Waals surface area contributed by atoms with Crippen LogP contribution >= 0.6 is 0 Å². The topological polar surface area (TPSA) is 46.6 Å². The first-order chi connectivity index (χ1) is 12.7. The Labute approximate surface area is 153 Å². The molecule has 0 spiro atoms. The summed E-state index contributed by atoms with van der Waals surface area (Å²) in [5, 5.41) is 1.93. The van der Waals surface area contributed by atoms with Crippen molar-refractivity contribution in [3.05, 3.63) is 78.4 Å². The van der Waals surface area contributed by atoms with Gasteiger partial charge in [0.2, 0.25) is 6.41 Å². The van der Waals surface area contributed by atoms with E-state index in [0.717, 1.165) is 16.3 Å². The van der Waals surface area contributed by atoms with E-state index in [1.54, 1.807) is 6.92 Å². The lowest BCUT2D eigenvalue weighted by Gasteiger charge is -2.28. The standard InChI is InChI=1S/C22H21NO3/c1-2-26-22(25)21(15-17-9-4-3-5-10-17)23(16-24)20-14-8-12-18-11-6-7-13-19(18)20/h3-14,16,21H,2,15H2,1H3. The highest BCUT2D eigenvalue weighted by Crippen LogP contribution is 2.28. The second-order valence-electron chi connectivity index (χ2n) is 5.97. The zero-order chi connectivity index (χ0) is 18.4. The van der Waals surface area contributed by atoms with Crippen LogP contribution in [0.25, 0.3) is 10.8 Å². The summed E-state index contributed by atoms with van der Waals surface area (Å²) >= 11 is 0. The lowest BCUT2D eigenvalue weighted by atomic mass is 10.0. The van der Waals surface area contributed by atoms with E-state index >= 15 is 0 Å². The Balaban J connectivity index is 2.04. The highest BCUT2D eigenvalue weighted by molar-refractivity contribution is 6.01. The lowest BCUT2D eigenvalue weighted by molar-refractivity contribution is -0.145. The predicted octanol–water partition coefficient (Wildman–Crippen LogP) is 3.98. The minimum atomic E-state index is -0.722. The molecule has 132 valence electrons. The van der Waals surface area contributed by atoms with Gasteiger partial charge in [-0.05, 0) is 23.9 Å². The van der Waals surface area contributed by atoms with Crippen molar-refractivity contribution in [2.75, 3.05) is 11.5 Å². The second-order valence-corrected chi connectivity index (χ2v) is 5.97. The molecular weight excluding hydrogens is 326 g/mol. The summed E-state index contributed by atoms with van der Waals surface area (Å²) < 4.78 is 5.25. The number of benzene rings is 3. The van der Waals surface area contributed by atoms with Crippen LogP contribution in [0.15, 0.2) is 72.8 Å². The van der Waals surface area contributed by atoms with Crippen molar-refractivity contribution in [2.24, 2.45) is 0 Å². The number of nitrogens with zero attached hydrogens (tertiary/aromatic N) is 1. The van der Waals surface area contributed by atoms with Gasteiger partial charge in [-0.15, -0.1) is 0 Å².